The van der Waals surface area contributed by atoms with Crippen molar-refractivity contribution >= 4 is 34.4 Å². The fourth-order valence-corrected chi connectivity index (χ4v) is 2.73. The third kappa shape index (κ3) is 3.03. The SMILES string of the molecule is CCCc1nc(N2CCOCC2)nc(NC)c1I. The molecule has 0 saturated carbocycles. The van der Waals surface area contributed by atoms with E-state index in [4.69, 9.17) is 9.72 Å². The molecule has 1 aliphatic heterocycles. The van der Waals surface area contributed by atoms with E-state index in [9.17, 15) is 0 Å². The molecule has 1 aliphatic rings. The van der Waals surface area contributed by atoms with E-state index < -0.39 is 0 Å². The van der Waals surface area contributed by atoms with Crippen LogP contribution in [0.2, 0.25) is 0 Å². The molecule has 2 rings (SSSR count). The predicted octanol–water partition coefficient (Wildman–Crippen LogP) is 1.91. The minimum Gasteiger partial charge on any atom is -0.378 e. The van der Waals surface area contributed by atoms with Crippen molar-refractivity contribution in [3.63, 3.8) is 0 Å². The van der Waals surface area contributed by atoms with Crippen LogP contribution < -0.4 is 10.2 Å². The van der Waals surface area contributed by atoms with E-state index in [1.54, 1.807) is 0 Å². The van der Waals surface area contributed by atoms with Gasteiger partial charge in [0.05, 0.1) is 22.5 Å². The zero-order chi connectivity index (χ0) is 13.0. The second-order valence-electron chi connectivity index (χ2n) is 4.23. The summed E-state index contributed by atoms with van der Waals surface area (Å²) >= 11 is 2.32. The number of nitrogens with one attached hydrogen (secondary N) is 1. The Labute approximate surface area is 121 Å². The van der Waals surface area contributed by atoms with Crippen LogP contribution in [0.5, 0.6) is 0 Å². The Bertz CT molecular complexity index is 407. The van der Waals surface area contributed by atoms with Gasteiger partial charge in [0.2, 0.25) is 5.95 Å². The van der Waals surface area contributed by atoms with Crippen LogP contribution >= 0.6 is 22.6 Å². The topological polar surface area (TPSA) is 50.3 Å². The van der Waals surface area contributed by atoms with Gasteiger partial charge in [-0.1, -0.05) is 13.3 Å². The average molecular weight is 362 g/mol. The lowest BCUT2D eigenvalue weighted by atomic mass is 10.2. The number of nitrogens with zero attached hydrogens (tertiary/aromatic N) is 3. The summed E-state index contributed by atoms with van der Waals surface area (Å²) in [5.41, 5.74) is 1.14. The lowest BCUT2D eigenvalue weighted by Crippen LogP contribution is -2.37. The van der Waals surface area contributed by atoms with E-state index in [1.165, 1.54) is 0 Å². The van der Waals surface area contributed by atoms with Crippen LogP contribution in [-0.2, 0) is 11.2 Å². The summed E-state index contributed by atoms with van der Waals surface area (Å²) in [7, 11) is 1.91. The minimum atomic E-state index is 0.757. The van der Waals surface area contributed by atoms with Crippen LogP contribution in [0.15, 0.2) is 0 Å². The first-order valence-electron chi connectivity index (χ1n) is 6.33. The summed E-state index contributed by atoms with van der Waals surface area (Å²) in [6.07, 6.45) is 2.09. The van der Waals surface area contributed by atoms with Crippen molar-refractivity contribution < 1.29 is 4.74 Å². The van der Waals surface area contributed by atoms with Crippen LogP contribution in [0, 0.1) is 3.57 Å². The Kier molecular flexibility index (Phi) is 4.99. The molecule has 0 aliphatic carbocycles. The van der Waals surface area contributed by atoms with Crippen molar-refractivity contribution in [3.8, 4) is 0 Å². The van der Waals surface area contributed by atoms with Crippen molar-refractivity contribution in [3.05, 3.63) is 9.26 Å². The lowest BCUT2D eigenvalue weighted by molar-refractivity contribution is 0.122. The van der Waals surface area contributed by atoms with Gasteiger partial charge in [-0.25, -0.2) is 4.98 Å². The first kappa shape index (κ1) is 13.8. The summed E-state index contributed by atoms with van der Waals surface area (Å²) in [5.74, 6) is 1.75. The Balaban J connectivity index is 2.31. The van der Waals surface area contributed by atoms with Gasteiger partial charge in [-0.2, -0.15) is 4.98 Å². The molecular weight excluding hydrogens is 343 g/mol. The molecule has 1 saturated heterocycles. The third-order valence-electron chi connectivity index (χ3n) is 2.93. The van der Waals surface area contributed by atoms with Gasteiger partial charge in [-0.05, 0) is 29.0 Å². The van der Waals surface area contributed by atoms with E-state index in [2.05, 4.69) is 44.7 Å². The van der Waals surface area contributed by atoms with E-state index in [0.717, 1.165) is 60.2 Å². The maximum Gasteiger partial charge on any atom is 0.227 e. The van der Waals surface area contributed by atoms with Gasteiger partial charge in [-0.3, -0.25) is 0 Å². The molecule has 0 unspecified atom stereocenters. The van der Waals surface area contributed by atoms with Gasteiger partial charge in [-0.15, -0.1) is 0 Å². The molecule has 100 valence electrons. The van der Waals surface area contributed by atoms with Crippen molar-refractivity contribution in [2.75, 3.05) is 43.6 Å². The number of morpholine rings is 1. The zero-order valence-corrected chi connectivity index (χ0v) is 13.0. The summed E-state index contributed by atoms with van der Waals surface area (Å²) in [4.78, 5) is 11.5. The number of rotatable bonds is 4. The van der Waals surface area contributed by atoms with Crippen LogP contribution in [0.4, 0.5) is 11.8 Å². The molecule has 0 bridgehead atoms. The maximum atomic E-state index is 5.36. The molecular formula is C12H19IN4O. The number of ether oxygens (including phenoxy) is 1. The summed E-state index contributed by atoms with van der Waals surface area (Å²) in [5, 5.41) is 3.16. The molecule has 1 aromatic rings. The Morgan fingerprint density at radius 2 is 2.06 bits per heavy atom. The number of aromatic nitrogens is 2. The number of hydrogen-bond acceptors (Lipinski definition) is 5. The van der Waals surface area contributed by atoms with Gasteiger partial charge >= 0.3 is 0 Å². The van der Waals surface area contributed by atoms with Crippen LogP contribution in [-0.4, -0.2) is 43.3 Å². The van der Waals surface area contributed by atoms with Gasteiger partial charge in [0, 0.05) is 20.1 Å². The number of anilines is 2. The first-order valence-corrected chi connectivity index (χ1v) is 7.41. The summed E-state index contributed by atoms with van der Waals surface area (Å²) < 4.78 is 6.50. The third-order valence-corrected chi connectivity index (χ3v) is 4.06. The van der Waals surface area contributed by atoms with Gasteiger partial charge in [0.25, 0.3) is 0 Å². The number of hydrogen-bond donors (Lipinski definition) is 1. The summed E-state index contributed by atoms with van der Waals surface area (Å²) in [6.45, 7) is 5.43. The predicted molar refractivity (Wildman–Crippen MR) is 81.3 cm³/mol. The standard InChI is InChI=1S/C12H19IN4O/c1-3-4-9-10(13)11(14-2)16-12(15-9)17-5-7-18-8-6-17/h3-8H2,1-2H3,(H,14,15,16). The molecule has 1 N–H and O–H groups in total. The highest BCUT2D eigenvalue weighted by Gasteiger charge is 2.17. The van der Waals surface area contributed by atoms with Crippen molar-refractivity contribution in [1.82, 2.24) is 9.97 Å². The van der Waals surface area contributed by atoms with Crippen LogP contribution in [0.25, 0.3) is 0 Å². The molecule has 0 aromatic carbocycles. The number of halogens is 1. The quantitative estimate of drug-likeness (QED) is 0.830. The highest BCUT2D eigenvalue weighted by molar-refractivity contribution is 14.1. The van der Waals surface area contributed by atoms with Crippen molar-refractivity contribution in [2.45, 2.75) is 19.8 Å². The van der Waals surface area contributed by atoms with E-state index in [-0.39, 0.29) is 0 Å². The van der Waals surface area contributed by atoms with Gasteiger partial charge < -0.3 is 15.0 Å². The van der Waals surface area contributed by atoms with Gasteiger partial charge in [0.1, 0.15) is 5.82 Å². The van der Waals surface area contributed by atoms with Crippen molar-refractivity contribution in [2.24, 2.45) is 0 Å². The van der Waals surface area contributed by atoms with E-state index in [0.29, 0.717) is 0 Å². The molecule has 6 heteroatoms. The lowest BCUT2D eigenvalue weighted by Gasteiger charge is -2.27. The molecule has 0 atom stereocenters. The van der Waals surface area contributed by atoms with Crippen LogP contribution in [0.3, 0.4) is 0 Å². The Hall–Kier alpha value is -0.630. The van der Waals surface area contributed by atoms with E-state index >= 15 is 0 Å². The van der Waals surface area contributed by atoms with Crippen molar-refractivity contribution in [1.29, 1.82) is 0 Å². The molecule has 0 amide bonds. The monoisotopic (exact) mass is 362 g/mol. The normalized spacial score (nSPS) is 15.8. The second-order valence-corrected chi connectivity index (χ2v) is 5.31. The molecule has 1 aromatic heterocycles. The summed E-state index contributed by atoms with van der Waals surface area (Å²) in [6, 6.07) is 0. The molecule has 5 nitrogen and oxygen atoms in total. The largest absolute Gasteiger partial charge is 0.378 e. The highest BCUT2D eigenvalue weighted by atomic mass is 127. The smallest absolute Gasteiger partial charge is 0.227 e. The van der Waals surface area contributed by atoms with Gasteiger partial charge in [0.15, 0.2) is 0 Å². The van der Waals surface area contributed by atoms with E-state index in [1.807, 2.05) is 7.05 Å². The van der Waals surface area contributed by atoms with Crippen LogP contribution in [0.1, 0.15) is 19.0 Å². The fraction of sp³-hybridized carbons (Fsp3) is 0.667. The molecule has 18 heavy (non-hydrogen) atoms. The Morgan fingerprint density at radius 1 is 1.33 bits per heavy atom. The second kappa shape index (κ2) is 6.51. The average Bonchev–Trinajstić information content (AvgIpc) is 2.42. The maximum absolute atomic E-state index is 5.36. The highest BCUT2D eigenvalue weighted by Crippen LogP contribution is 2.23. The Morgan fingerprint density at radius 3 is 2.67 bits per heavy atom. The molecule has 1 fully saturated rings. The molecule has 0 radical (unpaired) electrons. The number of aryl methyl sites for hydroxylation is 1. The first-order chi connectivity index (χ1) is 8.76. The molecule has 2 heterocycles. The molecule has 0 spiro atoms. The zero-order valence-electron chi connectivity index (χ0n) is 10.9. The minimum absolute atomic E-state index is 0.757. The fourth-order valence-electron chi connectivity index (χ4n) is 1.95.